The predicted molar refractivity (Wildman–Crippen MR) is 44.1 cm³/mol. The number of rotatable bonds is 0. The SMILES string of the molecule is CC1C(O)C=CC(C)(O)C1C. The summed E-state index contributed by atoms with van der Waals surface area (Å²) in [5.41, 5.74) is -0.751. The van der Waals surface area contributed by atoms with Crippen LogP contribution in [0, 0.1) is 11.8 Å². The van der Waals surface area contributed by atoms with Crippen LogP contribution in [0.25, 0.3) is 0 Å². The van der Waals surface area contributed by atoms with Crippen LogP contribution < -0.4 is 0 Å². The fourth-order valence-electron chi connectivity index (χ4n) is 1.45. The van der Waals surface area contributed by atoms with Crippen LogP contribution >= 0.6 is 0 Å². The van der Waals surface area contributed by atoms with Crippen molar-refractivity contribution >= 4 is 0 Å². The second-order valence-corrected chi connectivity index (χ2v) is 3.72. The van der Waals surface area contributed by atoms with E-state index >= 15 is 0 Å². The van der Waals surface area contributed by atoms with E-state index in [0.29, 0.717) is 0 Å². The Hall–Kier alpha value is -0.340. The normalized spacial score (nSPS) is 51.2. The van der Waals surface area contributed by atoms with Gasteiger partial charge >= 0.3 is 0 Å². The molecule has 0 amide bonds. The molecule has 0 aromatic heterocycles. The summed E-state index contributed by atoms with van der Waals surface area (Å²) in [4.78, 5) is 0. The summed E-state index contributed by atoms with van der Waals surface area (Å²) in [5.74, 6) is 0.248. The highest BCUT2D eigenvalue weighted by atomic mass is 16.3. The van der Waals surface area contributed by atoms with E-state index in [1.165, 1.54) is 0 Å². The second-order valence-electron chi connectivity index (χ2n) is 3.72. The Morgan fingerprint density at radius 1 is 1.36 bits per heavy atom. The fourth-order valence-corrected chi connectivity index (χ4v) is 1.45. The lowest BCUT2D eigenvalue weighted by atomic mass is 9.74. The molecule has 4 atom stereocenters. The summed E-state index contributed by atoms with van der Waals surface area (Å²) in [5, 5.41) is 19.1. The summed E-state index contributed by atoms with van der Waals surface area (Å²) in [7, 11) is 0. The first-order valence-electron chi connectivity index (χ1n) is 4.05. The quantitative estimate of drug-likeness (QED) is 0.512. The molecular formula is C9H16O2. The van der Waals surface area contributed by atoms with E-state index in [-0.39, 0.29) is 11.8 Å². The molecule has 2 heteroatoms. The van der Waals surface area contributed by atoms with E-state index in [1.54, 1.807) is 19.1 Å². The molecule has 0 spiro atoms. The third-order valence-electron chi connectivity index (χ3n) is 2.88. The maximum Gasteiger partial charge on any atom is 0.0829 e. The molecule has 0 aromatic carbocycles. The van der Waals surface area contributed by atoms with Gasteiger partial charge in [-0.25, -0.2) is 0 Å². The van der Waals surface area contributed by atoms with Gasteiger partial charge in [0, 0.05) is 0 Å². The van der Waals surface area contributed by atoms with Crippen molar-refractivity contribution in [2.24, 2.45) is 11.8 Å². The van der Waals surface area contributed by atoms with Gasteiger partial charge in [-0.3, -0.25) is 0 Å². The first kappa shape index (κ1) is 8.75. The van der Waals surface area contributed by atoms with E-state index < -0.39 is 11.7 Å². The molecule has 0 heterocycles. The molecule has 2 N–H and O–H groups in total. The minimum absolute atomic E-state index is 0.113. The highest BCUT2D eigenvalue weighted by Crippen LogP contribution is 2.32. The summed E-state index contributed by atoms with van der Waals surface area (Å²) < 4.78 is 0. The average Bonchev–Trinajstić information content (AvgIpc) is 1.95. The summed E-state index contributed by atoms with van der Waals surface area (Å²) in [6, 6.07) is 0. The molecule has 0 bridgehead atoms. The van der Waals surface area contributed by atoms with Gasteiger partial charge in [-0.1, -0.05) is 26.0 Å². The van der Waals surface area contributed by atoms with Crippen LogP contribution in [0.4, 0.5) is 0 Å². The maximum atomic E-state index is 9.73. The molecule has 0 aliphatic heterocycles. The second kappa shape index (κ2) is 2.61. The van der Waals surface area contributed by atoms with Gasteiger partial charge in [0.2, 0.25) is 0 Å². The van der Waals surface area contributed by atoms with Gasteiger partial charge in [0.15, 0.2) is 0 Å². The lowest BCUT2D eigenvalue weighted by Gasteiger charge is -2.37. The molecule has 2 nitrogen and oxygen atoms in total. The largest absolute Gasteiger partial charge is 0.389 e. The van der Waals surface area contributed by atoms with Gasteiger partial charge in [-0.2, -0.15) is 0 Å². The number of hydrogen-bond donors (Lipinski definition) is 2. The van der Waals surface area contributed by atoms with E-state index in [1.807, 2.05) is 13.8 Å². The Labute approximate surface area is 67.6 Å². The standard InChI is InChI=1S/C9H16O2/c1-6-7(2)9(3,11)5-4-8(6)10/h4-8,10-11H,1-3H3. The highest BCUT2D eigenvalue weighted by Gasteiger charge is 2.36. The Morgan fingerprint density at radius 3 is 2.36 bits per heavy atom. The Morgan fingerprint density at radius 2 is 1.91 bits per heavy atom. The molecule has 0 radical (unpaired) electrons. The van der Waals surface area contributed by atoms with E-state index in [4.69, 9.17) is 0 Å². The molecule has 1 aliphatic rings. The van der Waals surface area contributed by atoms with Crippen LogP contribution in [0.1, 0.15) is 20.8 Å². The summed E-state index contributed by atoms with van der Waals surface area (Å²) in [6.07, 6.45) is 2.96. The maximum absolute atomic E-state index is 9.73. The third-order valence-corrected chi connectivity index (χ3v) is 2.88. The van der Waals surface area contributed by atoms with E-state index in [9.17, 15) is 10.2 Å². The summed E-state index contributed by atoms with van der Waals surface area (Å²) >= 11 is 0. The van der Waals surface area contributed by atoms with Crippen molar-refractivity contribution in [2.45, 2.75) is 32.5 Å². The smallest absolute Gasteiger partial charge is 0.0829 e. The van der Waals surface area contributed by atoms with Crippen molar-refractivity contribution in [3.05, 3.63) is 12.2 Å². The molecule has 11 heavy (non-hydrogen) atoms. The summed E-state index contributed by atoms with van der Waals surface area (Å²) in [6.45, 7) is 5.68. The number of hydrogen-bond acceptors (Lipinski definition) is 2. The van der Waals surface area contributed by atoms with Gasteiger partial charge in [0.1, 0.15) is 0 Å². The molecule has 0 saturated heterocycles. The molecule has 1 rings (SSSR count). The minimum Gasteiger partial charge on any atom is -0.389 e. The van der Waals surface area contributed by atoms with Crippen molar-refractivity contribution < 1.29 is 10.2 Å². The van der Waals surface area contributed by atoms with Crippen molar-refractivity contribution in [3.8, 4) is 0 Å². The van der Waals surface area contributed by atoms with Gasteiger partial charge in [-0.05, 0) is 18.8 Å². The Kier molecular flexibility index (Phi) is 2.08. The van der Waals surface area contributed by atoms with Crippen LogP contribution in [0.3, 0.4) is 0 Å². The molecule has 64 valence electrons. The predicted octanol–water partition coefficient (Wildman–Crippen LogP) is 0.940. The zero-order valence-electron chi connectivity index (χ0n) is 7.28. The van der Waals surface area contributed by atoms with Gasteiger partial charge in [0.05, 0.1) is 11.7 Å². The van der Waals surface area contributed by atoms with Crippen molar-refractivity contribution in [1.29, 1.82) is 0 Å². The van der Waals surface area contributed by atoms with Crippen molar-refractivity contribution in [3.63, 3.8) is 0 Å². The molecule has 4 unspecified atom stereocenters. The average molecular weight is 156 g/mol. The van der Waals surface area contributed by atoms with Crippen molar-refractivity contribution in [1.82, 2.24) is 0 Å². The lowest BCUT2D eigenvalue weighted by molar-refractivity contribution is -0.0141. The molecule has 0 aromatic rings. The van der Waals surface area contributed by atoms with Crippen molar-refractivity contribution in [2.75, 3.05) is 0 Å². The molecule has 0 fully saturated rings. The van der Waals surface area contributed by atoms with Crippen LogP contribution in [-0.2, 0) is 0 Å². The fraction of sp³-hybridized carbons (Fsp3) is 0.778. The van der Waals surface area contributed by atoms with Gasteiger partial charge in [0.25, 0.3) is 0 Å². The van der Waals surface area contributed by atoms with Crippen LogP contribution in [0.2, 0.25) is 0 Å². The van der Waals surface area contributed by atoms with Crippen LogP contribution in [0.15, 0.2) is 12.2 Å². The topological polar surface area (TPSA) is 40.5 Å². The molecular weight excluding hydrogens is 140 g/mol. The lowest BCUT2D eigenvalue weighted by Crippen LogP contribution is -2.42. The first-order valence-corrected chi connectivity index (χ1v) is 4.05. The van der Waals surface area contributed by atoms with Crippen LogP contribution in [0.5, 0.6) is 0 Å². The number of aliphatic hydroxyl groups is 2. The highest BCUT2D eigenvalue weighted by molar-refractivity contribution is 5.11. The van der Waals surface area contributed by atoms with E-state index in [2.05, 4.69) is 0 Å². The molecule has 1 aliphatic carbocycles. The first-order chi connectivity index (χ1) is 4.95. The van der Waals surface area contributed by atoms with Gasteiger partial charge in [-0.15, -0.1) is 0 Å². The Bertz CT molecular complexity index is 172. The third kappa shape index (κ3) is 1.47. The zero-order valence-corrected chi connectivity index (χ0v) is 7.28. The van der Waals surface area contributed by atoms with Crippen LogP contribution in [-0.4, -0.2) is 21.9 Å². The molecule has 0 saturated carbocycles. The van der Waals surface area contributed by atoms with E-state index in [0.717, 1.165) is 0 Å². The number of aliphatic hydroxyl groups excluding tert-OH is 1. The minimum atomic E-state index is -0.751. The Balaban J connectivity index is 2.85. The van der Waals surface area contributed by atoms with Gasteiger partial charge < -0.3 is 10.2 Å². The zero-order chi connectivity index (χ0) is 8.65. The monoisotopic (exact) mass is 156 g/mol.